The van der Waals surface area contributed by atoms with E-state index in [9.17, 15) is 14.0 Å². The molecule has 1 unspecified atom stereocenters. The fraction of sp³-hybridized carbons (Fsp3) is 0.273. The summed E-state index contributed by atoms with van der Waals surface area (Å²) >= 11 is 5.99. The molecule has 8 nitrogen and oxygen atoms in total. The van der Waals surface area contributed by atoms with Crippen LogP contribution < -0.4 is 4.90 Å². The quantitative estimate of drug-likeness (QED) is 0.551. The molecule has 4 heterocycles. The third-order valence-corrected chi connectivity index (χ3v) is 5.90. The number of ether oxygens (including phenoxy) is 1. The van der Waals surface area contributed by atoms with E-state index < -0.39 is 24.0 Å². The van der Waals surface area contributed by atoms with Gasteiger partial charge in [0.2, 0.25) is 6.23 Å². The Labute approximate surface area is 188 Å². The van der Waals surface area contributed by atoms with Crippen LogP contribution in [-0.4, -0.2) is 65.0 Å². The number of fused-ring (bicyclic) bond motifs is 2. The van der Waals surface area contributed by atoms with Crippen LogP contribution in [0.25, 0.3) is 11.0 Å². The maximum absolute atomic E-state index is 14.1. The molecule has 1 fully saturated rings. The lowest BCUT2D eigenvalue weighted by Gasteiger charge is -2.33. The van der Waals surface area contributed by atoms with E-state index in [-0.39, 0.29) is 22.1 Å². The number of amides is 2. The van der Waals surface area contributed by atoms with Gasteiger partial charge in [0.15, 0.2) is 5.65 Å². The molecule has 0 spiro atoms. The van der Waals surface area contributed by atoms with Crippen molar-refractivity contribution < 1.29 is 18.7 Å². The second kappa shape index (κ2) is 7.99. The van der Waals surface area contributed by atoms with Crippen molar-refractivity contribution in [3.8, 4) is 0 Å². The smallest absolute Gasteiger partial charge is 0.412 e. The lowest BCUT2D eigenvalue weighted by Crippen LogP contribution is -2.48. The maximum atomic E-state index is 14.1. The number of carbonyl (C=O) groups excluding carboxylic acids is 2. The molecule has 0 aliphatic carbocycles. The Bertz CT molecular complexity index is 1230. The molecule has 1 aromatic carbocycles. The van der Waals surface area contributed by atoms with E-state index in [0.717, 1.165) is 5.39 Å². The second-order valence-corrected chi connectivity index (χ2v) is 8.17. The van der Waals surface area contributed by atoms with Crippen molar-refractivity contribution in [2.45, 2.75) is 6.23 Å². The number of nitrogens with zero attached hydrogens (tertiary/aromatic N) is 5. The lowest BCUT2D eigenvalue weighted by molar-refractivity contribution is 0.0488. The highest BCUT2D eigenvalue weighted by molar-refractivity contribution is 6.29. The van der Waals surface area contributed by atoms with E-state index in [1.807, 2.05) is 7.05 Å². The van der Waals surface area contributed by atoms with Crippen molar-refractivity contribution in [1.29, 1.82) is 0 Å². The van der Waals surface area contributed by atoms with Crippen LogP contribution in [0.15, 0.2) is 42.5 Å². The van der Waals surface area contributed by atoms with Gasteiger partial charge in [-0.15, -0.1) is 0 Å². The van der Waals surface area contributed by atoms with Crippen molar-refractivity contribution in [1.82, 2.24) is 19.8 Å². The maximum Gasteiger partial charge on any atom is 0.412 e. The van der Waals surface area contributed by atoms with Crippen LogP contribution in [0, 0.1) is 5.82 Å². The second-order valence-electron chi connectivity index (χ2n) is 7.78. The van der Waals surface area contributed by atoms with Crippen molar-refractivity contribution in [3.63, 3.8) is 0 Å². The number of likely N-dealkylation sites (N-methyl/N-ethyl adjacent to an activating group) is 1. The average Bonchev–Trinajstić information content (AvgIpc) is 3.04. The minimum Gasteiger partial charge on any atom is -0.420 e. The van der Waals surface area contributed by atoms with Gasteiger partial charge in [-0.2, -0.15) is 0 Å². The van der Waals surface area contributed by atoms with Gasteiger partial charge in [-0.3, -0.25) is 9.69 Å². The van der Waals surface area contributed by atoms with Gasteiger partial charge in [0, 0.05) is 42.7 Å². The van der Waals surface area contributed by atoms with E-state index in [1.54, 1.807) is 29.2 Å². The molecule has 10 heteroatoms. The Kier molecular flexibility index (Phi) is 5.15. The van der Waals surface area contributed by atoms with Crippen LogP contribution in [0.2, 0.25) is 5.15 Å². The van der Waals surface area contributed by atoms with Gasteiger partial charge in [-0.1, -0.05) is 11.6 Å². The zero-order valence-electron chi connectivity index (χ0n) is 17.2. The minimum absolute atomic E-state index is 0.227. The fourth-order valence-electron chi connectivity index (χ4n) is 3.91. The largest absolute Gasteiger partial charge is 0.420 e. The van der Waals surface area contributed by atoms with Gasteiger partial charge in [-0.05, 0) is 49.5 Å². The van der Waals surface area contributed by atoms with E-state index >= 15 is 0 Å². The van der Waals surface area contributed by atoms with Gasteiger partial charge in [0.25, 0.3) is 5.91 Å². The zero-order valence-corrected chi connectivity index (χ0v) is 17.9. The summed E-state index contributed by atoms with van der Waals surface area (Å²) < 4.78 is 19.8. The molecule has 0 N–H and O–H groups in total. The number of piperazine rings is 1. The molecule has 2 aromatic heterocycles. The molecule has 2 aliphatic rings. The topological polar surface area (TPSA) is 78.9 Å². The first-order valence-corrected chi connectivity index (χ1v) is 10.5. The molecule has 0 saturated carbocycles. The molecule has 1 atom stereocenters. The predicted molar refractivity (Wildman–Crippen MR) is 116 cm³/mol. The number of hydrogen-bond acceptors (Lipinski definition) is 6. The number of pyridine rings is 2. The third kappa shape index (κ3) is 3.63. The third-order valence-electron chi connectivity index (χ3n) is 5.69. The molecule has 164 valence electrons. The van der Waals surface area contributed by atoms with Gasteiger partial charge < -0.3 is 14.5 Å². The normalized spacial score (nSPS) is 18.8. The number of benzene rings is 1. The molecule has 2 aliphatic heterocycles. The summed E-state index contributed by atoms with van der Waals surface area (Å²) in [6.45, 7) is 2.43. The van der Waals surface area contributed by atoms with Crippen LogP contribution in [0.4, 0.5) is 15.0 Å². The fourth-order valence-corrected chi connectivity index (χ4v) is 4.05. The minimum atomic E-state index is -1.15. The Hall–Kier alpha value is -3.30. The van der Waals surface area contributed by atoms with Gasteiger partial charge >= 0.3 is 6.09 Å². The Balaban J connectivity index is 1.53. The van der Waals surface area contributed by atoms with Crippen LogP contribution in [-0.2, 0) is 4.74 Å². The SMILES string of the molecule is CN1CCN(C(=O)OC2c3cc(F)ccc3C(=O)N2c2ccc3ccc(Cl)nc3n2)CC1. The summed E-state index contributed by atoms with van der Waals surface area (Å²) in [6.07, 6.45) is -1.72. The first kappa shape index (κ1) is 20.6. The zero-order chi connectivity index (χ0) is 22.4. The number of aromatic nitrogens is 2. The van der Waals surface area contributed by atoms with Gasteiger partial charge in [-0.25, -0.2) is 19.2 Å². The Morgan fingerprint density at radius 3 is 2.62 bits per heavy atom. The molecule has 3 aromatic rings. The molecule has 0 radical (unpaired) electrons. The van der Waals surface area contributed by atoms with Crippen molar-refractivity contribution in [3.05, 3.63) is 64.6 Å². The summed E-state index contributed by atoms with van der Waals surface area (Å²) in [5.74, 6) is -0.742. The molecule has 0 bridgehead atoms. The Morgan fingerprint density at radius 1 is 1.09 bits per heavy atom. The molecule has 5 rings (SSSR count). The van der Waals surface area contributed by atoms with Crippen LogP contribution >= 0.6 is 11.6 Å². The summed E-state index contributed by atoms with van der Waals surface area (Å²) in [7, 11) is 1.98. The van der Waals surface area contributed by atoms with E-state index in [0.29, 0.717) is 31.8 Å². The van der Waals surface area contributed by atoms with E-state index in [4.69, 9.17) is 16.3 Å². The molecule has 1 saturated heterocycles. The first-order chi connectivity index (χ1) is 15.4. The highest BCUT2D eigenvalue weighted by Gasteiger charge is 2.42. The van der Waals surface area contributed by atoms with Crippen LogP contribution in [0.5, 0.6) is 0 Å². The van der Waals surface area contributed by atoms with Gasteiger partial charge in [0.1, 0.15) is 16.8 Å². The van der Waals surface area contributed by atoms with Crippen molar-refractivity contribution in [2.24, 2.45) is 0 Å². The number of anilines is 1. The van der Waals surface area contributed by atoms with Crippen molar-refractivity contribution >= 4 is 40.5 Å². The molecular weight excluding hydrogens is 437 g/mol. The monoisotopic (exact) mass is 455 g/mol. The van der Waals surface area contributed by atoms with Crippen LogP contribution in [0.3, 0.4) is 0 Å². The first-order valence-electron chi connectivity index (χ1n) is 10.1. The van der Waals surface area contributed by atoms with Gasteiger partial charge in [0.05, 0.1) is 0 Å². The number of rotatable bonds is 2. The molecule has 2 amide bonds. The highest BCUT2D eigenvalue weighted by Crippen LogP contribution is 2.38. The van der Waals surface area contributed by atoms with E-state index in [1.165, 1.54) is 23.1 Å². The number of carbonyl (C=O) groups is 2. The summed E-state index contributed by atoms with van der Waals surface area (Å²) in [5.41, 5.74) is 0.871. The predicted octanol–water partition coefficient (Wildman–Crippen LogP) is 3.47. The molecule has 32 heavy (non-hydrogen) atoms. The summed E-state index contributed by atoms with van der Waals surface area (Å²) in [5, 5.41) is 0.998. The number of hydrogen-bond donors (Lipinski definition) is 0. The summed E-state index contributed by atoms with van der Waals surface area (Å²) in [4.78, 5) is 39.7. The highest BCUT2D eigenvalue weighted by atomic mass is 35.5. The summed E-state index contributed by atoms with van der Waals surface area (Å²) in [6, 6.07) is 10.6. The van der Waals surface area contributed by atoms with E-state index in [2.05, 4.69) is 14.9 Å². The number of halogens is 2. The average molecular weight is 456 g/mol. The van der Waals surface area contributed by atoms with Crippen molar-refractivity contribution in [2.75, 3.05) is 38.1 Å². The molecular formula is C22H19ClFN5O3. The standard InChI is InChI=1S/C22H19ClFN5O3/c1-27-8-10-28(11-9-27)22(31)32-21-16-12-14(24)4-5-15(16)20(30)29(21)18-7-3-13-2-6-17(23)25-19(13)26-18/h2-7,12,21H,8-11H2,1H3. The van der Waals surface area contributed by atoms with Crippen LogP contribution in [0.1, 0.15) is 22.1 Å². The Morgan fingerprint density at radius 2 is 1.84 bits per heavy atom. The lowest BCUT2D eigenvalue weighted by atomic mass is 10.1.